The number of hydrogen-bond acceptors (Lipinski definition) is 2. The molecular formula is C9H16O2. The zero-order valence-electron chi connectivity index (χ0n) is 7.52. The van der Waals surface area contributed by atoms with Crippen molar-refractivity contribution in [2.24, 2.45) is 5.92 Å². The maximum Gasteiger partial charge on any atom is 0.138 e. The van der Waals surface area contributed by atoms with Crippen LogP contribution in [0.25, 0.3) is 0 Å². The quantitative estimate of drug-likeness (QED) is 0.534. The highest BCUT2D eigenvalue weighted by Gasteiger charge is 2.28. The van der Waals surface area contributed by atoms with Crippen molar-refractivity contribution < 1.29 is 9.53 Å². The molecule has 2 heteroatoms. The smallest absolute Gasteiger partial charge is 0.138 e. The van der Waals surface area contributed by atoms with E-state index >= 15 is 0 Å². The van der Waals surface area contributed by atoms with Crippen LogP contribution in [0.3, 0.4) is 0 Å². The van der Waals surface area contributed by atoms with E-state index in [0.29, 0.717) is 12.2 Å². The number of rotatable bonds is 0. The highest BCUT2D eigenvalue weighted by molar-refractivity contribution is 5.81. The zero-order valence-corrected chi connectivity index (χ0v) is 7.52. The van der Waals surface area contributed by atoms with Gasteiger partial charge in [0.05, 0.1) is 5.60 Å². The van der Waals surface area contributed by atoms with E-state index in [1.807, 2.05) is 20.8 Å². The van der Waals surface area contributed by atoms with Crippen LogP contribution < -0.4 is 0 Å². The van der Waals surface area contributed by atoms with Crippen molar-refractivity contribution >= 4 is 5.78 Å². The fourth-order valence-electron chi connectivity index (χ4n) is 1.32. The fraction of sp³-hybridized carbons (Fsp3) is 0.889. The summed E-state index contributed by atoms with van der Waals surface area (Å²) in [7, 11) is 0. The van der Waals surface area contributed by atoms with E-state index in [0.717, 1.165) is 13.0 Å². The van der Waals surface area contributed by atoms with Gasteiger partial charge in [0.2, 0.25) is 0 Å². The van der Waals surface area contributed by atoms with Crippen molar-refractivity contribution in [2.45, 2.75) is 39.2 Å². The minimum atomic E-state index is -0.234. The van der Waals surface area contributed by atoms with E-state index in [-0.39, 0.29) is 11.5 Å². The lowest BCUT2D eigenvalue weighted by molar-refractivity contribution is -0.124. The molecule has 0 amide bonds. The average Bonchev–Trinajstić information content (AvgIpc) is 1.93. The maximum absolute atomic E-state index is 11.3. The molecule has 1 atom stereocenters. The molecule has 11 heavy (non-hydrogen) atoms. The predicted molar refractivity (Wildman–Crippen MR) is 43.4 cm³/mol. The van der Waals surface area contributed by atoms with Gasteiger partial charge in [-0.2, -0.15) is 0 Å². The highest BCUT2D eigenvalue weighted by Crippen LogP contribution is 2.23. The van der Waals surface area contributed by atoms with Crippen LogP contribution in [0, 0.1) is 5.92 Å². The van der Waals surface area contributed by atoms with Gasteiger partial charge in [-0.05, 0) is 20.3 Å². The van der Waals surface area contributed by atoms with E-state index in [4.69, 9.17) is 4.74 Å². The number of carbonyl (C=O) groups excluding carboxylic acids is 1. The van der Waals surface area contributed by atoms with Gasteiger partial charge < -0.3 is 4.74 Å². The Morgan fingerprint density at radius 3 is 2.82 bits per heavy atom. The van der Waals surface area contributed by atoms with Crippen molar-refractivity contribution in [1.82, 2.24) is 0 Å². The molecule has 0 radical (unpaired) electrons. The van der Waals surface area contributed by atoms with Crippen LogP contribution in [0.5, 0.6) is 0 Å². The molecule has 0 aromatic heterocycles. The van der Waals surface area contributed by atoms with Crippen LogP contribution in [-0.4, -0.2) is 18.0 Å². The first-order valence-corrected chi connectivity index (χ1v) is 4.18. The molecular weight excluding hydrogens is 140 g/mol. The van der Waals surface area contributed by atoms with Crippen molar-refractivity contribution in [3.8, 4) is 0 Å². The summed E-state index contributed by atoms with van der Waals surface area (Å²) in [6.45, 7) is 6.65. The lowest BCUT2D eigenvalue weighted by Crippen LogP contribution is -2.26. The molecule has 0 aliphatic carbocycles. The summed E-state index contributed by atoms with van der Waals surface area (Å²) in [5.41, 5.74) is -0.234. The number of ketones is 1. The maximum atomic E-state index is 11.3. The summed E-state index contributed by atoms with van der Waals surface area (Å²) in [4.78, 5) is 11.3. The summed E-state index contributed by atoms with van der Waals surface area (Å²) in [5.74, 6) is 0.532. The number of ether oxygens (including phenoxy) is 1. The van der Waals surface area contributed by atoms with Crippen LogP contribution >= 0.6 is 0 Å². The van der Waals surface area contributed by atoms with E-state index in [1.54, 1.807) is 0 Å². The first kappa shape index (κ1) is 8.72. The molecule has 1 aliphatic rings. The molecule has 0 saturated carbocycles. The second-order valence-corrected chi connectivity index (χ2v) is 3.94. The molecule has 2 nitrogen and oxygen atoms in total. The van der Waals surface area contributed by atoms with E-state index < -0.39 is 0 Å². The van der Waals surface area contributed by atoms with Crippen molar-refractivity contribution in [2.75, 3.05) is 6.61 Å². The van der Waals surface area contributed by atoms with Crippen LogP contribution in [0.2, 0.25) is 0 Å². The largest absolute Gasteiger partial charge is 0.375 e. The predicted octanol–water partition coefficient (Wildman–Crippen LogP) is 1.78. The molecule has 0 aromatic carbocycles. The second kappa shape index (κ2) is 2.94. The molecule has 1 rings (SSSR count). The Labute approximate surface area is 67.9 Å². The van der Waals surface area contributed by atoms with Crippen LogP contribution in [0.4, 0.5) is 0 Å². The van der Waals surface area contributed by atoms with Gasteiger partial charge in [0.15, 0.2) is 0 Å². The third-order valence-electron chi connectivity index (χ3n) is 2.19. The highest BCUT2D eigenvalue weighted by atomic mass is 16.5. The van der Waals surface area contributed by atoms with Crippen LogP contribution in [-0.2, 0) is 9.53 Å². The van der Waals surface area contributed by atoms with Crippen molar-refractivity contribution in [1.29, 1.82) is 0 Å². The van der Waals surface area contributed by atoms with Crippen molar-refractivity contribution in [3.05, 3.63) is 0 Å². The minimum absolute atomic E-state index is 0.191. The molecule has 1 aliphatic heterocycles. The summed E-state index contributed by atoms with van der Waals surface area (Å²) in [5, 5.41) is 0. The fourth-order valence-corrected chi connectivity index (χ4v) is 1.32. The van der Waals surface area contributed by atoms with Gasteiger partial charge in [0.25, 0.3) is 0 Å². The molecule has 1 saturated heterocycles. The SMILES string of the molecule is CC1CCOC(C)(C)CC1=O. The molecule has 1 heterocycles. The zero-order chi connectivity index (χ0) is 8.48. The van der Waals surface area contributed by atoms with Gasteiger partial charge >= 0.3 is 0 Å². The van der Waals surface area contributed by atoms with E-state index in [9.17, 15) is 4.79 Å². The standard InChI is InChI=1S/C9H16O2/c1-7-4-5-11-9(2,3)6-8(7)10/h7H,4-6H2,1-3H3. The Bertz CT molecular complexity index is 161. The van der Waals surface area contributed by atoms with Crippen LogP contribution in [0.15, 0.2) is 0 Å². The number of carbonyl (C=O) groups is 1. The van der Waals surface area contributed by atoms with Gasteiger partial charge in [-0.1, -0.05) is 6.92 Å². The molecule has 0 aromatic rings. The van der Waals surface area contributed by atoms with Crippen molar-refractivity contribution in [3.63, 3.8) is 0 Å². The Balaban J connectivity index is 2.63. The molecule has 1 fully saturated rings. The van der Waals surface area contributed by atoms with Crippen LogP contribution in [0.1, 0.15) is 33.6 Å². The Kier molecular flexibility index (Phi) is 2.33. The monoisotopic (exact) mass is 156 g/mol. The molecule has 0 spiro atoms. The molecule has 64 valence electrons. The summed E-state index contributed by atoms with van der Waals surface area (Å²) in [6.07, 6.45) is 1.44. The van der Waals surface area contributed by atoms with Gasteiger partial charge in [-0.25, -0.2) is 0 Å². The van der Waals surface area contributed by atoms with Gasteiger partial charge in [-0.3, -0.25) is 4.79 Å². The molecule has 1 unspecified atom stereocenters. The summed E-state index contributed by atoms with van der Waals surface area (Å²) >= 11 is 0. The molecule has 0 N–H and O–H groups in total. The van der Waals surface area contributed by atoms with E-state index in [1.165, 1.54) is 0 Å². The summed E-state index contributed by atoms with van der Waals surface area (Å²) < 4.78 is 5.51. The lowest BCUT2D eigenvalue weighted by Gasteiger charge is -2.21. The Morgan fingerprint density at radius 2 is 2.18 bits per heavy atom. The molecule has 0 bridgehead atoms. The minimum Gasteiger partial charge on any atom is -0.375 e. The second-order valence-electron chi connectivity index (χ2n) is 3.94. The Hall–Kier alpha value is -0.370. The van der Waals surface area contributed by atoms with Gasteiger partial charge in [-0.15, -0.1) is 0 Å². The first-order valence-electron chi connectivity index (χ1n) is 4.18. The summed E-state index contributed by atoms with van der Waals surface area (Å²) in [6, 6.07) is 0. The normalized spacial score (nSPS) is 31.5. The first-order chi connectivity index (χ1) is 5.01. The lowest BCUT2D eigenvalue weighted by atomic mass is 9.95. The van der Waals surface area contributed by atoms with Gasteiger partial charge in [0, 0.05) is 18.9 Å². The third-order valence-corrected chi connectivity index (χ3v) is 2.19. The Morgan fingerprint density at radius 1 is 1.55 bits per heavy atom. The average molecular weight is 156 g/mol. The third kappa shape index (κ3) is 2.29. The number of Topliss-reactive ketones (excluding diaryl/α,β-unsaturated/α-hetero) is 1. The van der Waals surface area contributed by atoms with Gasteiger partial charge in [0.1, 0.15) is 5.78 Å². The topological polar surface area (TPSA) is 26.3 Å². The number of hydrogen-bond donors (Lipinski definition) is 0. The van der Waals surface area contributed by atoms with E-state index in [2.05, 4.69) is 0 Å².